The number of carbonyl (C=O) groups is 1. The Morgan fingerprint density at radius 3 is 2.86 bits per heavy atom. The maximum atomic E-state index is 11.6. The van der Waals surface area contributed by atoms with E-state index in [1.807, 2.05) is 19.1 Å². The molecule has 22 heavy (non-hydrogen) atoms. The fraction of sp³-hybridized carbons (Fsp3) is 0.600. The average molecular weight is 310 g/mol. The van der Waals surface area contributed by atoms with E-state index in [2.05, 4.69) is 15.6 Å². The number of nitrogens with zero attached hydrogens (tertiary/aromatic N) is 2. The normalized spacial score (nSPS) is 11.3. The van der Waals surface area contributed by atoms with Crippen LogP contribution in [0.25, 0.3) is 0 Å². The van der Waals surface area contributed by atoms with E-state index in [9.17, 15) is 4.79 Å². The van der Waals surface area contributed by atoms with Gasteiger partial charge in [-0.3, -0.25) is 4.79 Å². The van der Waals surface area contributed by atoms with Gasteiger partial charge in [0.2, 0.25) is 5.91 Å². The summed E-state index contributed by atoms with van der Waals surface area (Å²) in [6, 6.07) is 3.71. The Balaban J connectivity index is 2.44. The number of amides is 1. The maximum absolute atomic E-state index is 11.6. The monoisotopic (exact) mass is 310 g/mol. The number of rotatable bonds is 9. The lowest BCUT2D eigenvalue weighted by atomic mass is 10.4. The first-order chi connectivity index (χ1) is 10.6. The number of nitrogens with one attached hydrogen (secondary N) is 2. The fourth-order valence-electron chi connectivity index (χ4n) is 1.57. The molecule has 0 saturated carbocycles. The molecule has 1 heterocycles. The Bertz CT molecular complexity index is 444. The molecule has 1 aromatic rings. The average Bonchev–Trinajstić information content (AvgIpc) is 3.01. The van der Waals surface area contributed by atoms with E-state index in [0.717, 1.165) is 25.3 Å². The molecule has 1 rings (SSSR count). The molecule has 0 atom stereocenters. The van der Waals surface area contributed by atoms with Gasteiger partial charge in [0.15, 0.2) is 5.96 Å². The Morgan fingerprint density at radius 2 is 2.23 bits per heavy atom. The van der Waals surface area contributed by atoms with Crippen molar-refractivity contribution in [1.29, 1.82) is 0 Å². The Hall–Kier alpha value is -2.02. The number of aliphatic imine (C=N–C) groups is 1. The molecule has 1 amide bonds. The summed E-state index contributed by atoms with van der Waals surface area (Å²) in [5.41, 5.74) is 0. The van der Waals surface area contributed by atoms with Crippen LogP contribution in [-0.4, -0.2) is 57.2 Å². The van der Waals surface area contributed by atoms with Crippen molar-refractivity contribution in [2.75, 3.05) is 40.4 Å². The SMILES string of the molecule is CCOCCCNC(=NCC(=O)N(C)C)NCc1ccco1. The lowest BCUT2D eigenvalue weighted by Crippen LogP contribution is -2.38. The van der Waals surface area contributed by atoms with Crippen LogP contribution >= 0.6 is 0 Å². The predicted octanol–water partition coefficient (Wildman–Crippen LogP) is 0.830. The number of hydrogen-bond donors (Lipinski definition) is 2. The minimum absolute atomic E-state index is 0.0478. The molecule has 0 aliphatic heterocycles. The summed E-state index contributed by atoms with van der Waals surface area (Å²) in [6.45, 7) is 4.73. The van der Waals surface area contributed by atoms with Crippen molar-refractivity contribution in [3.8, 4) is 0 Å². The van der Waals surface area contributed by atoms with Gasteiger partial charge < -0.3 is 24.7 Å². The quantitative estimate of drug-likeness (QED) is 0.401. The molecule has 0 bridgehead atoms. The largest absolute Gasteiger partial charge is 0.467 e. The molecule has 7 nitrogen and oxygen atoms in total. The molecule has 0 fully saturated rings. The molecule has 0 unspecified atom stereocenters. The zero-order chi connectivity index (χ0) is 16.2. The number of carbonyl (C=O) groups excluding carboxylic acids is 1. The number of hydrogen-bond acceptors (Lipinski definition) is 4. The van der Waals surface area contributed by atoms with Gasteiger partial charge in [-0.2, -0.15) is 0 Å². The number of guanidine groups is 1. The smallest absolute Gasteiger partial charge is 0.243 e. The molecular formula is C15H26N4O3. The second kappa shape index (κ2) is 10.7. The first kappa shape index (κ1) is 18.0. The number of furan rings is 1. The number of ether oxygens (including phenoxy) is 1. The highest BCUT2D eigenvalue weighted by Gasteiger charge is 2.05. The summed E-state index contributed by atoms with van der Waals surface area (Å²) in [6.07, 6.45) is 2.50. The second-order valence-corrected chi connectivity index (χ2v) is 4.86. The molecule has 0 aliphatic rings. The van der Waals surface area contributed by atoms with Gasteiger partial charge >= 0.3 is 0 Å². The third-order valence-corrected chi connectivity index (χ3v) is 2.84. The standard InChI is InChI=1S/C15H26N4O3/c1-4-21-9-6-8-16-15(18-12-14(20)19(2)3)17-11-13-7-5-10-22-13/h5,7,10H,4,6,8-9,11-12H2,1-3H3,(H2,16,17,18). The molecule has 0 spiro atoms. The van der Waals surface area contributed by atoms with Crippen LogP contribution in [0, 0.1) is 0 Å². The van der Waals surface area contributed by atoms with Gasteiger partial charge in [-0.1, -0.05) is 0 Å². The summed E-state index contributed by atoms with van der Waals surface area (Å²) < 4.78 is 10.6. The summed E-state index contributed by atoms with van der Waals surface area (Å²) in [5.74, 6) is 1.35. The highest BCUT2D eigenvalue weighted by molar-refractivity contribution is 5.84. The molecule has 0 saturated heterocycles. The van der Waals surface area contributed by atoms with E-state index in [1.54, 1.807) is 20.4 Å². The highest BCUT2D eigenvalue weighted by atomic mass is 16.5. The van der Waals surface area contributed by atoms with Crippen LogP contribution in [0.15, 0.2) is 27.8 Å². The zero-order valence-electron chi connectivity index (χ0n) is 13.6. The van der Waals surface area contributed by atoms with E-state index < -0.39 is 0 Å². The lowest BCUT2D eigenvalue weighted by Gasteiger charge is -2.13. The van der Waals surface area contributed by atoms with Gasteiger partial charge in [0.25, 0.3) is 0 Å². The van der Waals surface area contributed by atoms with Crippen LogP contribution in [0.5, 0.6) is 0 Å². The van der Waals surface area contributed by atoms with Crippen LogP contribution in [-0.2, 0) is 16.1 Å². The van der Waals surface area contributed by atoms with Crippen molar-refractivity contribution >= 4 is 11.9 Å². The van der Waals surface area contributed by atoms with Crippen LogP contribution in [0.2, 0.25) is 0 Å². The van der Waals surface area contributed by atoms with Gasteiger partial charge in [-0.25, -0.2) is 4.99 Å². The van der Waals surface area contributed by atoms with Gasteiger partial charge in [-0.05, 0) is 25.5 Å². The molecule has 124 valence electrons. The van der Waals surface area contributed by atoms with Crippen molar-refractivity contribution in [1.82, 2.24) is 15.5 Å². The molecular weight excluding hydrogens is 284 g/mol. The first-order valence-corrected chi connectivity index (χ1v) is 7.46. The molecule has 7 heteroatoms. The predicted molar refractivity (Wildman–Crippen MR) is 85.7 cm³/mol. The summed E-state index contributed by atoms with van der Waals surface area (Å²) in [7, 11) is 3.42. The number of likely N-dealkylation sites (N-methyl/N-ethyl adjacent to an activating group) is 1. The maximum Gasteiger partial charge on any atom is 0.243 e. The van der Waals surface area contributed by atoms with E-state index in [4.69, 9.17) is 9.15 Å². The molecule has 0 radical (unpaired) electrons. The minimum Gasteiger partial charge on any atom is -0.467 e. The Morgan fingerprint density at radius 1 is 1.41 bits per heavy atom. The minimum atomic E-state index is -0.0478. The van der Waals surface area contributed by atoms with Crippen molar-refractivity contribution < 1.29 is 13.9 Å². The van der Waals surface area contributed by atoms with Gasteiger partial charge in [0.05, 0.1) is 12.8 Å². The van der Waals surface area contributed by atoms with Crippen LogP contribution in [0.1, 0.15) is 19.1 Å². The Kier molecular flexibility index (Phi) is 8.74. The molecule has 0 aromatic carbocycles. The van der Waals surface area contributed by atoms with E-state index in [-0.39, 0.29) is 12.5 Å². The third kappa shape index (κ3) is 7.68. The van der Waals surface area contributed by atoms with E-state index >= 15 is 0 Å². The van der Waals surface area contributed by atoms with E-state index in [0.29, 0.717) is 19.1 Å². The van der Waals surface area contributed by atoms with Crippen molar-refractivity contribution in [3.63, 3.8) is 0 Å². The molecule has 2 N–H and O–H groups in total. The van der Waals surface area contributed by atoms with Crippen LogP contribution in [0.3, 0.4) is 0 Å². The van der Waals surface area contributed by atoms with E-state index in [1.165, 1.54) is 4.90 Å². The zero-order valence-corrected chi connectivity index (χ0v) is 13.6. The van der Waals surface area contributed by atoms with Crippen molar-refractivity contribution in [3.05, 3.63) is 24.2 Å². The first-order valence-electron chi connectivity index (χ1n) is 7.46. The van der Waals surface area contributed by atoms with Gasteiger partial charge in [-0.15, -0.1) is 0 Å². The summed E-state index contributed by atoms with van der Waals surface area (Å²) >= 11 is 0. The van der Waals surface area contributed by atoms with Gasteiger partial charge in [0, 0.05) is 33.9 Å². The molecule has 1 aromatic heterocycles. The fourth-order valence-corrected chi connectivity index (χ4v) is 1.57. The lowest BCUT2D eigenvalue weighted by molar-refractivity contribution is -0.127. The van der Waals surface area contributed by atoms with Crippen molar-refractivity contribution in [2.24, 2.45) is 4.99 Å². The van der Waals surface area contributed by atoms with Gasteiger partial charge in [0.1, 0.15) is 12.3 Å². The second-order valence-electron chi connectivity index (χ2n) is 4.86. The summed E-state index contributed by atoms with van der Waals surface area (Å²) in [4.78, 5) is 17.4. The molecule has 0 aliphatic carbocycles. The summed E-state index contributed by atoms with van der Waals surface area (Å²) in [5, 5.41) is 6.32. The van der Waals surface area contributed by atoms with Crippen LogP contribution < -0.4 is 10.6 Å². The Labute approximate surface area is 131 Å². The van der Waals surface area contributed by atoms with Crippen molar-refractivity contribution in [2.45, 2.75) is 19.9 Å². The highest BCUT2D eigenvalue weighted by Crippen LogP contribution is 1.98. The topological polar surface area (TPSA) is 79.1 Å². The third-order valence-electron chi connectivity index (χ3n) is 2.84. The van der Waals surface area contributed by atoms with Crippen LogP contribution in [0.4, 0.5) is 0 Å².